The van der Waals surface area contributed by atoms with E-state index < -0.39 is 0 Å². The standard InChI is InChI=1S/C18H17N3O4/c22-17(15-6-3-11-24-15)20-9-10-21(13-14-5-1-2-8-19-14)18(23)16-7-4-12-25-16/h1-8,11-12H,9-10,13H2,(H,20,22). The van der Waals surface area contributed by atoms with Crippen molar-refractivity contribution in [3.63, 3.8) is 0 Å². The van der Waals surface area contributed by atoms with Crippen LogP contribution >= 0.6 is 0 Å². The topological polar surface area (TPSA) is 88.6 Å². The highest BCUT2D eigenvalue weighted by Gasteiger charge is 2.19. The summed E-state index contributed by atoms with van der Waals surface area (Å²) in [7, 11) is 0. The largest absolute Gasteiger partial charge is 0.459 e. The molecule has 128 valence electrons. The summed E-state index contributed by atoms with van der Waals surface area (Å²) in [6.45, 7) is 0.901. The van der Waals surface area contributed by atoms with E-state index in [1.165, 1.54) is 12.5 Å². The van der Waals surface area contributed by atoms with Crippen LogP contribution < -0.4 is 5.32 Å². The highest BCUT2D eigenvalue weighted by Crippen LogP contribution is 2.09. The monoisotopic (exact) mass is 339 g/mol. The number of aromatic nitrogens is 1. The molecule has 0 aliphatic heterocycles. The number of nitrogens with zero attached hydrogens (tertiary/aromatic N) is 2. The van der Waals surface area contributed by atoms with Crippen molar-refractivity contribution in [2.45, 2.75) is 6.54 Å². The van der Waals surface area contributed by atoms with E-state index in [0.29, 0.717) is 13.1 Å². The van der Waals surface area contributed by atoms with Crippen molar-refractivity contribution in [2.24, 2.45) is 0 Å². The first-order chi connectivity index (χ1) is 12.2. The van der Waals surface area contributed by atoms with Crippen LogP contribution in [0.15, 0.2) is 70.0 Å². The lowest BCUT2D eigenvalue weighted by atomic mass is 10.3. The van der Waals surface area contributed by atoms with Crippen LogP contribution in [0.4, 0.5) is 0 Å². The number of hydrogen-bond acceptors (Lipinski definition) is 5. The summed E-state index contributed by atoms with van der Waals surface area (Å²) >= 11 is 0. The van der Waals surface area contributed by atoms with Crippen LogP contribution in [0, 0.1) is 0 Å². The fourth-order valence-corrected chi connectivity index (χ4v) is 2.29. The van der Waals surface area contributed by atoms with Crippen molar-refractivity contribution in [2.75, 3.05) is 13.1 Å². The number of pyridine rings is 1. The van der Waals surface area contributed by atoms with Crippen LogP contribution in [0.25, 0.3) is 0 Å². The van der Waals surface area contributed by atoms with E-state index in [-0.39, 0.29) is 29.9 Å². The molecule has 2 amide bonds. The second-order valence-corrected chi connectivity index (χ2v) is 5.26. The molecule has 3 heterocycles. The van der Waals surface area contributed by atoms with Crippen molar-refractivity contribution in [3.05, 3.63) is 78.4 Å². The van der Waals surface area contributed by atoms with E-state index in [1.807, 2.05) is 18.2 Å². The second-order valence-electron chi connectivity index (χ2n) is 5.26. The number of nitrogens with one attached hydrogen (secondary N) is 1. The molecule has 0 aliphatic rings. The molecule has 0 saturated carbocycles. The van der Waals surface area contributed by atoms with Gasteiger partial charge < -0.3 is 19.1 Å². The first-order valence-corrected chi connectivity index (χ1v) is 7.78. The molecule has 0 atom stereocenters. The Kier molecular flexibility index (Phi) is 5.26. The summed E-state index contributed by atoms with van der Waals surface area (Å²) in [4.78, 5) is 30.3. The van der Waals surface area contributed by atoms with Crippen molar-refractivity contribution < 1.29 is 18.4 Å². The van der Waals surface area contributed by atoms with Gasteiger partial charge in [-0.05, 0) is 36.4 Å². The van der Waals surface area contributed by atoms with E-state index >= 15 is 0 Å². The zero-order valence-corrected chi connectivity index (χ0v) is 13.4. The summed E-state index contributed by atoms with van der Waals surface area (Å²) in [5, 5.41) is 2.72. The molecule has 3 aromatic heterocycles. The van der Waals surface area contributed by atoms with Gasteiger partial charge in [0.2, 0.25) is 0 Å². The van der Waals surface area contributed by atoms with Gasteiger partial charge in [-0.15, -0.1) is 0 Å². The molecule has 0 saturated heterocycles. The normalized spacial score (nSPS) is 10.4. The molecule has 7 heteroatoms. The number of amides is 2. The number of hydrogen-bond donors (Lipinski definition) is 1. The van der Waals surface area contributed by atoms with Gasteiger partial charge >= 0.3 is 0 Å². The van der Waals surface area contributed by atoms with Gasteiger partial charge in [0.15, 0.2) is 11.5 Å². The van der Waals surface area contributed by atoms with Gasteiger partial charge in [0, 0.05) is 19.3 Å². The zero-order chi connectivity index (χ0) is 17.5. The average Bonchev–Trinajstić information content (AvgIpc) is 3.34. The summed E-state index contributed by atoms with van der Waals surface area (Å²) in [5.74, 6) is -0.113. The Morgan fingerprint density at radius 1 is 1.00 bits per heavy atom. The summed E-state index contributed by atoms with van der Waals surface area (Å²) < 4.78 is 10.2. The average molecular weight is 339 g/mol. The maximum absolute atomic E-state index is 12.6. The molecular weight excluding hydrogens is 322 g/mol. The first-order valence-electron chi connectivity index (χ1n) is 7.78. The molecule has 7 nitrogen and oxygen atoms in total. The molecule has 0 radical (unpaired) electrons. The number of rotatable bonds is 7. The maximum atomic E-state index is 12.6. The Labute approximate surface area is 144 Å². The maximum Gasteiger partial charge on any atom is 0.289 e. The van der Waals surface area contributed by atoms with Gasteiger partial charge in [-0.2, -0.15) is 0 Å². The highest BCUT2D eigenvalue weighted by atomic mass is 16.3. The van der Waals surface area contributed by atoms with Gasteiger partial charge in [0.05, 0.1) is 24.8 Å². The Balaban J connectivity index is 1.63. The van der Waals surface area contributed by atoms with Crippen LogP contribution in [0.3, 0.4) is 0 Å². The Morgan fingerprint density at radius 3 is 2.40 bits per heavy atom. The van der Waals surface area contributed by atoms with Gasteiger partial charge in [0.25, 0.3) is 11.8 Å². The number of furan rings is 2. The molecule has 0 aliphatic carbocycles. The highest BCUT2D eigenvalue weighted by molar-refractivity contribution is 5.92. The van der Waals surface area contributed by atoms with E-state index in [4.69, 9.17) is 8.83 Å². The van der Waals surface area contributed by atoms with Crippen molar-refractivity contribution in [3.8, 4) is 0 Å². The molecule has 3 aromatic rings. The minimum absolute atomic E-state index is 0.230. The molecule has 25 heavy (non-hydrogen) atoms. The summed E-state index contributed by atoms with van der Waals surface area (Å²) in [6.07, 6.45) is 4.55. The molecule has 3 rings (SSSR count). The van der Waals surface area contributed by atoms with Gasteiger partial charge in [-0.25, -0.2) is 0 Å². The van der Waals surface area contributed by atoms with Crippen LogP contribution in [0.1, 0.15) is 26.8 Å². The lowest BCUT2D eigenvalue weighted by Gasteiger charge is -2.21. The van der Waals surface area contributed by atoms with Gasteiger partial charge in [-0.1, -0.05) is 6.07 Å². The van der Waals surface area contributed by atoms with Crippen molar-refractivity contribution in [1.29, 1.82) is 0 Å². The Hall–Kier alpha value is -3.35. The smallest absolute Gasteiger partial charge is 0.289 e. The minimum Gasteiger partial charge on any atom is -0.459 e. The first kappa shape index (κ1) is 16.5. The quantitative estimate of drug-likeness (QED) is 0.714. The lowest BCUT2D eigenvalue weighted by molar-refractivity contribution is 0.0702. The van der Waals surface area contributed by atoms with Crippen LogP contribution in [0.5, 0.6) is 0 Å². The fourth-order valence-electron chi connectivity index (χ4n) is 2.29. The molecular formula is C18H17N3O4. The zero-order valence-electron chi connectivity index (χ0n) is 13.4. The van der Waals surface area contributed by atoms with Crippen LogP contribution in [0.2, 0.25) is 0 Å². The third-order valence-corrected chi connectivity index (χ3v) is 3.51. The third-order valence-electron chi connectivity index (χ3n) is 3.51. The minimum atomic E-state index is -0.326. The molecule has 0 spiro atoms. The van der Waals surface area contributed by atoms with E-state index in [1.54, 1.807) is 35.4 Å². The number of carbonyl (C=O) groups excluding carboxylic acids is 2. The van der Waals surface area contributed by atoms with Crippen molar-refractivity contribution >= 4 is 11.8 Å². The lowest BCUT2D eigenvalue weighted by Crippen LogP contribution is -2.38. The Bertz CT molecular complexity index is 798. The van der Waals surface area contributed by atoms with Gasteiger partial charge in [0.1, 0.15) is 0 Å². The molecule has 0 unspecified atom stereocenters. The Morgan fingerprint density at radius 2 is 1.76 bits per heavy atom. The molecule has 0 bridgehead atoms. The summed E-state index contributed by atoms with van der Waals surface area (Å²) in [6, 6.07) is 12.0. The molecule has 0 fully saturated rings. The second kappa shape index (κ2) is 7.96. The van der Waals surface area contributed by atoms with E-state index in [0.717, 1.165) is 5.69 Å². The van der Waals surface area contributed by atoms with E-state index in [9.17, 15) is 9.59 Å². The van der Waals surface area contributed by atoms with E-state index in [2.05, 4.69) is 10.3 Å². The SMILES string of the molecule is O=C(NCCN(Cc1ccccn1)C(=O)c1ccco1)c1ccco1. The fraction of sp³-hybridized carbons (Fsp3) is 0.167. The van der Waals surface area contributed by atoms with Crippen LogP contribution in [-0.4, -0.2) is 34.8 Å². The summed E-state index contributed by atoms with van der Waals surface area (Å²) in [5.41, 5.74) is 0.750. The predicted octanol–water partition coefficient (Wildman–Crippen LogP) is 2.34. The third kappa shape index (κ3) is 4.35. The van der Waals surface area contributed by atoms with Crippen LogP contribution in [-0.2, 0) is 6.54 Å². The molecule has 1 N–H and O–H groups in total. The molecule has 0 aromatic carbocycles. The van der Waals surface area contributed by atoms with Crippen molar-refractivity contribution in [1.82, 2.24) is 15.2 Å². The predicted molar refractivity (Wildman–Crippen MR) is 88.7 cm³/mol. The number of carbonyl (C=O) groups is 2. The van der Waals surface area contributed by atoms with Gasteiger partial charge in [-0.3, -0.25) is 14.6 Å².